The number of carbonyl (C=O) groups is 1. The van der Waals surface area contributed by atoms with Gasteiger partial charge < -0.3 is 29.0 Å². The first-order valence-electron chi connectivity index (χ1n) is 10.5. The first kappa shape index (κ1) is 19.7. The summed E-state index contributed by atoms with van der Waals surface area (Å²) in [6.45, 7) is 6.06. The van der Waals surface area contributed by atoms with Crippen LogP contribution < -0.4 is 15.1 Å². The molecule has 9 nitrogen and oxygen atoms in total. The maximum absolute atomic E-state index is 12.9. The number of aromatic amines is 1. The minimum Gasteiger partial charge on any atom is -0.451 e. The van der Waals surface area contributed by atoms with Crippen LogP contribution in [0.15, 0.2) is 47.1 Å². The summed E-state index contributed by atoms with van der Waals surface area (Å²) in [4.78, 5) is 17.5. The normalized spacial score (nSPS) is 17.0. The Kier molecular flexibility index (Phi) is 5.59. The molecule has 3 aromatic rings. The molecule has 2 fully saturated rings. The molecule has 2 N–H and O–H groups in total. The number of ether oxygens (including phenoxy) is 2. The topological polar surface area (TPSA) is 95.9 Å². The van der Waals surface area contributed by atoms with E-state index in [9.17, 15) is 4.79 Å². The predicted octanol–water partition coefficient (Wildman–Crippen LogP) is 2.60. The molecule has 0 bridgehead atoms. The van der Waals surface area contributed by atoms with Crippen LogP contribution in [0.5, 0.6) is 0 Å². The maximum atomic E-state index is 12.9. The molecule has 2 aliphatic heterocycles. The van der Waals surface area contributed by atoms with Crippen LogP contribution in [-0.4, -0.2) is 68.7 Å². The van der Waals surface area contributed by atoms with E-state index in [1.165, 1.54) is 0 Å². The van der Waals surface area contributed by atoms with Crippen LogP contribution in [0.4, 0.5) is 17.1 Å². The van der Waals surface area contributed by atoms with Gasteiger partial charge in [0, 0.05) is 38.1 Å². The minimum atomic E-state index is -0.289. The molecule has 0 unspecified atom stereocenters. The molecular formula is C22H25N5O4. The fourth-order valence-corrected chi connectivity index (χ4v) is 3.89. The quantitative estimate of drug-likeness (QED) is 0.651. The number of hydrogen-bond donors (Lipinski definition) is 2. The van der Waals surface area contributed by atoms with Crippen molar-refractivity contribution in [3.63, 3.8) is 0 Å². The lowest BCUT2D eigenvalue weighted by atomic mass is 10.1. The molecule has 0 saturated carbocycles. The highest BCUT2D eigenvalue weighted by Crippen LogP contribution is 2.33. The second-order valence-electron chi connectivity index (χ2n) is 7.51. The fraction of sp³-hybridized carbons (Fsp3) is 0.364. The molecule has 0 atom stereocenters. The van der Waals surface area contributed by atoms with Gasteiger partial charge >= 0.3 is 0 Å². The second-order valence-corrected chi connectivity index (χ2v) is 7.51. The standard InChI is InChI=1S/C22H25N5O4/c28-22(21-4-3-20(31-21)16-14-23-24-15-16)25-18-2-1-17(26-5-9-29-10-6-26)13-19(18)27-7-11-30-12-8-27/h1-4,13-15H,5-12H2,(H,23,24)(H,25,28). The van der Waals surface area contributed by atoms with E-state index >= 15 is 0 Å². The number of carbonyl (C=O) groups excluding carboxylic acids is 1. The molecule has 9 heteroatoms. The lowest BCUT2D eigenvalue weighted by Crippen LogP contribution is -2.38. The van der Waals surface area contributed by atoms with E-state index in [0.717, 1.165) is 62.0 Å². The number of furan rings is 1. The number of rotatable bonds is 5. The van der Waals surface area contributed by atoms with Crippen LogP contribution in [0.3, 0.4) is 0 Å². The summed E-state index contributed by atoms with van der Waals surface area (Å²) in [6, 6.07) is 9.60. The smallest absolute Gasteiger partial charge is 0.291 e. The van der Waals surface area contributed by atoms with E-state index < -0.39 is 0 Å². The van der Waals surface area contributed by atoms with Crippen LogP contribution in [0.25, 0.3) is 11.3 Å². The van der Waals surface area contributed by atoms with E-state index in [1.54, 1.807) is 24.5 Å². The Morgan fingerprint density at radius 3 is 2.42 bits per heavy atom. The van der Waals surface area contributed by atoms with E-state index in [-0.39, 0.29) is 11.7 Å². The van der Waals surface area contributed by atoms with Gasteiger partial charge in [-0.3, -0.25) is 9.89 Å². The lowest BCUT2D eigenvalue weighted by Gasteiger charge is -2.33. The Hall–Kier alpha value is -3.30. The Balaban J connectivity index is 1.40. The SMILES string of the molecule is O=C(Nc1ccc(N2CCOCC2)cc1N1CCOCC1)c1ccc(-c2cn[nH]c2)o1. The van der Waals surface area contributed by atoms with E-state index in [0.29, 0.717) is 19.0 Å². The maximum Gasteiger partial charge on any atom is 0.291 e. The molecule has 2 aliphatic rings. The molecule has 162 valence electrons. The zero-order valence-corrected chi connectivity index (χ0v) is 17.2. The van der Waals surface area contributed by atoms with Crippen molar-refractivity contribution in [2.24, 2.45) is 0 Å². The number of aromatic nitrogens is 2. The summed E-state index contributed by atoms with van der Waals surface area (Å²) in [5, 5.41) is 9.69. The van der Waals surface area contributed by atoms with Gasteiger partial charge in [-0.15, -0.1) is 0 Å². The van der Waals surface area contributed by atoms with Gasteiger partial charge in [0.25, 0.3) is 5.91 Å². The van der Waals surface area contributed by atoms with Crippen molar-refractivity contribution in [1.29, 1.82) is 0 Å². The molecule has 1 amide bonds. The number of hydrogen-bond acceptors (Lipinski definition) is 7. The summed E-state index contributed by atoms with van der Waals surface area (Å²) < 4.78 is 16.7. The summed E-state index contributed by atoms with van der Waals surface area (Å²) in [5.41, 5.74) is 3.67. The van der Waals surface area contributed by atoms with Crippen molar-refractivity contribution in [3.05, 3.63) is 48.5 Å². The lowest BCUT2D eigenvalue weighted by molar-refractivity contribution is 0.0997. The van der Waals surface area contributed by atoms with E-state index in [1.807, 2.05) is 12.1 Å². The van der Waals surface area contributed by atoms with Crippen molar-refractivity contribution in [2.45, 2.75) is 0 Å². The largest absolute Gasteiger partial charge is 0.451 e. The number of nitrogens with one attached hydrogen (secondary N) is 2. The number of nitrogens with zero attached hydrogens (tertiary/aromatic N) is 3. The van der Waals surface area contributed by atoms with Gasteiger partial charge in [-0.1, -0.05) is 0 Å². The number of anilines is 3. The number of amides is 1. The van der Waals surface area contributed by atoms with Crippen molar-refractivity contribution in [3.8, 4) is 11.3 Å². The number of H-pyrrole nitrogens is 1. The van der Waals surface area contributed by atoms with Crippen LogP contribution in [-0.2, 0) is 9.47 Å². The minimum absolute atomic E-state index is 0.251. The Labute approximate surface area is 179 Å². The molecule has 5 rings (SSSR count). The summed E-state index contributed by atoms with van der Waals surface area (Å²) >= 11 is 0. The van der Waals surface area contributed by atoms with Crippen molar-refractivity contribution < 1.29 is 18.7 Å². The molecule has 31 heavy (non-hydrogen) atoms. The first-order valence-corrected chi connectivity index (χ1v) is 10.5. The van der Waals surface area contributed by atoms with Crippen LogP contribution in [0.2, 0.25) is 0 Å². The number of morpholine rings is 2. The average molecular weight is 423 g/mol. The average Bonchev–Trinajstić information content (AvgIpc) is 3.53. The highest BCUT2D eigenvalue weighted by atomic mass is 16.5. The molecule has 0 radical (unpaired) electrons. The molecular weight excluding hydrogens is 398 g/mol. The summed E-state index contributed by atoms with van der Waals surface area (Å²) in [5.74, 6) is 0.555. The van der Waals surface area contributed by atoms with Crippen molar-refractivity contribution in [2.75, 3.05) is 67.7 Å². The van der Waals surface area contributed by atoms with Crippen LogP contribution in [0, 0.1) is 0 Å². The van der Waals surface area contributed by atoms with Gasteiger partial charge in [0.2, 0.25) is 0 Å². The monoisotopic (exact) mass is 423 g/mol. The zero-order chi connectivity index (χ0) is 21.0. The van der Waals surface area contributed by atoms with Crippen LogP contribution in [0.1, 0.15) is 10.6 Å². The third kappa shape index (κ3) is 4.28. The highest BCUT2D eigenvalue weighted by Gasteiger charge is 2.21. The molecule has 2 saturated heterocycles. The molecule has 4 heterocycles. The van der Waals surface area contributed by atoms with Gasteiger partial charge in [0.15, 0.2) is 5.76 Å². The Morgan fingerprint density at radius 2 is 1.71 bits per heavy atom. The van der Waals surface area contributed by atoms with Gasteiger partial charge in [-0.25, -0.2) is 0 Å². The molecule has 0 aliphatic carbocycles. The van der Waals surface area contributed by atoms with Gasteiger partial charge in [0.05, 0.1) is 49.6 Å². The Morgan fingerprint density at radius 1 is 0.968 bits per heavy atom. The molecule has 0 spiro atoms. The first-order chi connectivity index (χ1) is 15.3. The van der Waals surface area contributed by atoms with Gasteiger partial charge in [0.1, 0.15) is 5.76 Å². The predicted molar refractivity (Wildman–Crippen MR) is 117 cm³/mol. The third-order valence-electron chi connectivity index (χ3n) is 5.57. The second kappa shape index (κ2) is 8.83. The number of benzene rings is 1. The molecule has 2 aromatic heterocycles. The van der Waals surface area contributed by atoms with E-state index in [2.05, 4.69) is 31.4 Å². The van der Waals surface area contributed by atoms with Crippen molar-refractivity contribution >= 4 is 23.0 Å². The Bertz CT molecular complexity index is 1020. The van der Waals surface area contributed by atoms with Crippen LogP contribution >= 0.6 is 0 Å². The fourth-order valence-electron chi connectivity index (χ4n) is 3.89. The van der Waals surface area contributed by atoms with Crippen molar-refractivity contribution in [1.82, 2.24) is 10.2 Å². The van der Waals surface area contributed by atoms with E-state index in [4.69, 9.17) is 13.9 Å². The zero-order valence-electron chi connectivity index (χ0n) is 17.2. The summed E-state index contributed by atoms with van der Waals surface area (Å²) in [7, 11) is 0. The highest BCUT2D eigenvalue weighted by molar-refractivity contribution is 6.04. The van der Waals surface area contributed by atoms with Gasteiger partial charge in [-0.2, -0.15) is 5.10 Å². The van der Waals surface area contributed by atoms with Gasteiger partial charge in [-0.05, 0) is 30.3 Å². The third-order valence-corrected chi connectivity index (χ3v) is 5.57. The molecule has 1 aromatic carbocycles. The summed E-state index contributed by atoms with van der Waals surface area (Å²) in [6.07, 6.45) is 3.38.